The fourth-order valence-electron chi connectivity index (χ4n) is 7.49. The number of thiophene rings is 4. The van der Waals surface area contributed by atoms with Gasteiger partial charge in [-0.3, -0.25) is 0 Å². The van der Waals surface area contributed by atoms with Crippen LogP contribution >= 0.6 is 45.3 Å². The Labute approximate surface area is 289 Å². The molecule has 0 saturated heterocycles. The molecule has 0 unspecified atom stereocenters. The molecule has 0 radical (unpaired) electrons. The monoisotopic (exact) mass is 692 g/mol. The molecule has 11 rings (SSSR count). The predicted octanol–water partition coefficient (Wildman–Crippen LogP) is 12.8. The second-order valence-corrected chi connectivity index (χ2v) is 16.9. The van der Waals surface area contributed by atoms with Crippen molar-refractivity contribution in [2.75, 3.05) is 0 Å². The van der Waals surface area contributed by atoms with Gasteiger partial charge in [-0.05, 0) is 97.8 Å². The molecule has 2 N–H and O–H groups in total. The van der Waals surface area contributed by atoms with Crippen molar-refractivity contribution in [2.45, 2.75) is 13.8 Å². The molecule has 6 aromatic heterocycles. The summed E-state index contributed by atoms with van der Waals surface area (Å²) in [5.41, 5.74) is 9.55. The summed E-state index contributed by atoms with van der Waals surface area (Å²) in [6.45, 7) is 4.31. The van der Waals surface area contributed by atoms with Gasteiger partial charge in [-0.2, -0.15) is 0 Å². The molecular weight excluding hydrogens is 669 g/mol. The van der Waals surface area contributed by atoms with Crippen LogP contribution in [0.2, 0.25) is 0 Å². The zero-order chi connectivity index (χ0) is 32.0. The van der Waals surface area contributed by atoms with Gasteiger partial charge < -0.3 is 19.3 Å². The Hall–Kier alpha value is -4.86. The van der Waals surface area contributed by atoms with Gasteiger partial charge >= 0.3 is 0 Å². The van der Waals surface area contributed by atoms with Crippen LogP contribution in [0.4, 0.5) is 0 Å². The number of hydrogen-bond acceptors (Lipinski definition) is 6. The van der Waals surface area contributed by atoms with Crippen LogP contribution in [0.15, 0.2) is 97.1 Å². The van der Waals surface area contributed by atoms with E-state index < -0.39 is 0 Å². The molecule has 6 heterocycles. The van der Waals surface area contributed by atoms with Crippen LogP contribution in [0.3, 0.4) is 0 Å². The highest BCUT2D eigenvalue weighted by Crippen LogP contribution is 2.52. The smallest absolute Gasteiger partial charge is 0.115 e. The number of aromatic nitrogens is 2. The number of phenolic OH excluding ortho intramolecular Hbond substituents is 2. The van der Waals surface area contributed by atoms with Gasteiger partial charge in [0.05, 0.1) is 40.9 Å². The maximum absolute atomic E-state index is 10.2. The van der Waals surface area contributed by atoms with E-state index in [-0.39, 0.29) is 11.5 Å². The summed E-state index contributed by atoms with van der Waals surface area (Å²) < 4.78 is 15.2. The first-order chi connectivity index (χ1) is 23.4. The molecule has 0 atom stereocenters. The van der Waals surface area contributed by atoms with Crippen molar-refractivity contribution in [3.63, 3.8) is 0 Å². The second-order valence-electron chi connectivity index (χ2n) is 12.7. The number of phenols is 2. The van der Waals surface area contributed by atoms with Crippen LogP contribution in [0.1, 0.15) is 11.1 Å². The summed E-state index contributed by atoms with van der Waals surface area (Å²) in [4.78, 5) is 0. The Bertz CT molecular complexity index is 2930. The minimum absolute atomic E-state index is 0.267. The summed E-state index contributed by atoms with van der Waals surface area (Å²) >= 11 is 7.51. The van der Waals surface area contributed by atoms with E-state index in [1.165, 1.54) is 92.3 Å². The lowest BCUT2D eigenvalue weighted by Crippen LogP contribution is -1.93. The van der Waals surface area contributed by atoms with Crippen molar-refractivity contribution in [1.82, 2.24) is 9.13 Å². The first-order valence-corrected chi connectivity index (χ1v) is 19.0. The molecule has 5 aromatic carbocycles. The molecule has 0 aliphatic rings. The first-order valence-electron chi connectivity index (χ1n) is 15.7. The Morgan fingerprint density at radius 2 is 0.729 bits per heavy atom. The van der Waals surface area contributed by atoms with Crippen molar-refractivity contribution in [2.24, 2.45) is 0 Å². The largest absolute Gasteiger partial charge is 0.508 e. The van der Waals surface area contributed by atoms with Gasteiger partial charge in [-0.1, -0.05) is 24.3 Å². The Morgan fingerprint density at radius 1 is 0.396 bits per heavy atom. The molecular formula is C40H24N2O2S4. The average Bonchev–Trinajstić information content (AvgIpc) is 3.89. The van der Waals surface area contributed by atoms with E-state index in [1.54, 1.807) is 24.3 Å². The number of hydrogen-bond donors (Lipinski definition) is 2. The molecule has 0 bridgehead atoms. The van der Waals surface area contributed by atoms with Crippen molar-refractivity contribution >= 4 is 127 Å². The minimum atomic E-state index is 0.267. The summed E-state index contributed by atoms with van der Waals surface area (Å²) in [5, 5.41) is 25.4. The number of fused-ring (bicyclic) bond motifs is 14. The van der Waals surface area contributed by atoms with E-state index >= 15 is 0 Å². The lowest BCUT2D eigenvalue weighted by molar-refractivity contribution is 0.474. The van der Waals surface area contributed by atoms with Gasteiger partial charge in [0, 0.05) is 51.7 Å². The maximum Gasteiger partial charge on any atom is 0.115 e. The SMILES string of the molecule is Cc1ccc2c(c1)sc1c3sc4cc5c(cc4c3n(-c3ccc(O)cc3)c21)sc1c2sc3cc(C)ccc3c2n(-c2ccc(O)cc2)c51. The molecule has 0 fully saturated rings. The third kappa shape index (κ3) is 3.52. The van der Waals surface area contributed by atoms with Gasteiger partial charge in [0.1, 0.15) is 11.5 Å². The fraction of sp³-hybridized carbons (Fsp3) is 0.0500. The lowest BCUT2D eigenvalue weighted by atomic mass is 10.1. The van der Waals surface area contributed by atoms with E-state index in [9.17, 15) is 10.2 Å². The highest BCUT2D eigenvalue weighted by Gasteiger charge is 2.26. The number of aromatic hydroxyl groups is 2. The van der Waals surface area contributed by atoms with Gasteiger partial charge in [-0.25, -0.2) is 0 Å². The van der Waals surface area contributed by atoms with Crippen LogP contribution in [-0.4, -0.2) is 19.3 Å². The first kappa shape index (κ1) is 27.1. The molecule has 230 valence electrons. The van der Waals surface area contributed by atoms with Crippen molar-refractivity contribution in [3.05, 3.63) is 108 Å². The van der Waals surface area contributed by atoms with E-state index in [0.717, 1.165) is 11.4 Å². The van der Waals surface area contributed by atoms with Crippen LogP contribution in [0, 0.1) is 13.8 Å². The molecule has 0 saturated carbocycles. The average molecular weight is 693 g/mol. The summed E-state index contributed by atoms with van der Waals surface area (Å²) in [7, 11) is 0. The number of rotatable bonds is 2. The molecule has 8 heteroatoms. The fourth-order valence-corrected chi connectivity index (χ4v) is 12.7. The normalized spacial score (nSPS) is 12.5. The van der Waals surface area contributed by atoms with E-state index in [4.69, 9.17) is 0 Å². The van der Waals surface area contributed by atoms with Crippen LogP contribution in [0.5, 0.6) is 11.5 Å². The lowest BCUT2D eigenvalue weighted by Gasteiger charge is -2.09. The van der Waals surface area contributed by atoms with Gasteiger partial charge in [0.25, 0.3) is 0 Å². The molecule has 4 nitrogen and oxygen atoms in total. The third-order valence-electron chi connectivity index (χ3n) is 9.61. The second kappa shape index (κ2) is 9.39. The van der Waals surface area contributed by atoms with E-state index in [2.05, 4.69) is 71.5 Å². The quantitative estimate of drug-likeness (QED) is 0.189. The number of aryl methyl sites for hydroxylation is 2. The van der Waals surface area contributed by atoms with Crippen molar-refractivity contribution in [3.8, 4) is 22.9 Å². The van der Waals surface area contributed by atoms with Crippen LogP contribution < -0.4 is 0 Å². The summed E-state index contributed by atoms with van der Waals surface area (Å²) in [6, 6.07) is 33.5. The molecule has 0 amide bonds. The molecule has 0 spiro atoms. The molecule has 48 heavy (non-hydrogen) atoms. The highest BCUT2D eigenvalue weighted by atomic mass is 32.1. The molecule has 0 aliphatic heterocycles. The van der Waals surface area contributed by atoms with Crippen molar-refractivity contribution < 1.29 is 10.2 Å². The van der Waals surface area contributed by atoms with Crippen LogP contribution in [0.25, 0.3) is 92.6 Å². The molecule has 0 aliphatic carbocycles. The standard InChI is InChI=1S/C40H24N2O2S4/c1-19-3-13-25-29(15-19)45-37-33(25)41(21-5-9-23(43)10-6-21)35-27-17-32-28(18-31(27)47-39(35)37)36-40(48-32)38-34(26-14-4-20(2)16-30(26)46-38)42(36)22-7-11-24(44)12-8-22/h3-18,43-44H,1-2H3. The van der Waals surface area contributed by atoms with Crippen LogP contribution in [-0.2, 0) is 0 Å². The van der Waals surface area contributed by atoms with E-state index in [0.29, 0.717) is 0 Å². The highest BCUT2D eigenvalue weighted by molar-refractivity contribution is 7.35. The molecule has 11 aromatic rings. The Balaban J connectivity index is 1.29. The Morgan fingerprint density at radius 3 is 1.10 bits per heavy atom. The third-order valence-corrected chi connectivity index (χ3v) is 14.5. The topological polar surface area (TPSA) is 50.3 Å². The zero-order valence-electron chi connectivity index (χ0n) is 25.7. The summed E-state index contributed by atoms with van der Waals surface area (Å²) in [6.07, 6.45) is 0. The van der Waals surface area contributed by atoms with Crippen molar-refractivity contribution in [1.29, 1.82) is 0 Å². The number of benzene rings is 5. The van der Waals surface area contributed by atoms with Gasteiger partial charge in [-0.15, -0.1) is 45.3 Å². The summed E-state index contributed by atoms with van der Waals surface area (Å²) in [5.74, 6) is 0.534. The van der Waals surface area contributed by atoms with Gasteiger partial charge in [0.2, 0.25) is 0 Å². The van der Waals surface area contributed by atoms with Gasteiger partial charge in [0.15, 0.2) is 0 Å². The van der Waals surface area contributed by atoms with E-state index in [1.807, 2.05) is 69.6 Å². The predicted molar refractivity (Wildman–Crippen MR) is 209 cm³/mol. The zero-order valence-corrected chi connectivity index (χ0v) is 28.9. The Kier molecular flexibility index (Phi) is 5.31. The number of nitrogens with zero attached hydrogens (tertiary/aromatic N) is 2. The minimum Gasteiger partial charge on any atom is -0.508 e. The maximum atomic E-state index is 10.2.